The third-order valence-electron chi connectivity index (χ3n) is 6.16. The van der Waals surface area contributed by atoms with E-state index in [0.717, 1.165) is 35.7 Å². The first kappa shape index (κ1) is 17.3. The van der Waals surface area contributed by atoms with Gasteiger partial charge in [0.15, 0.2) is 11.5 Å². The quantitative estimate of drug-likeness (QED) is 0.469. The highest BCUT2D eigenvalue weighted by molar-refractivity contribution is 6.36. The number of fused-ring (bicyclic) bond motifs is 6. The standard InChI is InChI=1S/C23H17ClN6O/c24-15-7-4-8-16-18(15)21-25-11-17(13-5-2-1-3-6-13)30(21)23-19(26-12-29(16)23)20-27-22(31-28-20)14-9-10-14/h1-8,12,14,17H,9-11H2. The molecule has 8 heteroatoms. The molecule has 3 aliphatic rings. The Morgan fingerprint density at radius 1 is 1.03 bits per heavy atom. The van der Waals surface area contributed by atoms with Crippen LogP contribution in [0.4, 0.5) is 5.82 Å². The lowest BCUT2D eigenvalue weighted by atomic mass is 10.0. The zero-order valence-electron chi connectivity index (χ0n) is 16.4. The molecular weight excluding hydrogens is 412 g/mol. The monoisotopic (exact) mass is 428 g/mol. The van der Waals surface area contributed by atoms with Crippen molar-refractivity contribution in [3.63, 3.8) is 0 Å². The van der Waals surface area contributed by atoms with E-state index in [1.54, 1.807) is 0 Å². The largest absolute Gasteiger partial charge is 0.339 e. The molecule has 1 saturated carbocycles. The van der Waals surface area contributed by atoms with Crippen LogP contribution in [0.25, 0.3) is 17.2 Å². The second kappa shape index (κ2) is 6.28. The Kier molecular flexibility index (Phi) is 3.49. The molecule has 2 aromatic carbocycles. The zero-order chi connectivity index (χ0) is 20.5. The van der Waals surface area contributed by atoms with E-state index in [-0.39, 0.29) is 6.04 Å². The van der Waals surface area contributed by atoms with Gasteiger partial charge in [-0.15, -0.1) is 0 Å². The van der Waals surface area contributed by atoms with Crippen molar-refractivity contribution in [2.75, 3.05) is 11.4 Å². The summed E-state index contributed by atoms with van der Waals surface area (Å²) in [6.07, 6.45) is 4.02. The number of nitrogens with zero attached hydrogens (tertiary/aromatic N) is 6. The zero-order valence-corrected chi connectivity index (χ0v) is 17.2. The van der Waals surface area contributed by atoms with Crippen LogP contribution in [0.5, 0.6) is 0 Å². The molecule has 7 rings (SSSR count). The molecule has 4 heterocycles. The van der Waals surface area contributed by atoms with E-state index >= 15 is 0 Å². The van der Waals surface area contributed by atoms with Gasteiger partial charge in [0.05, 0.1) is 28.9 Å². The topological polar surface area (TPSA) is 72.3 Å². The summed E-state index contributed by atoms with van der Waals surface area (Å²) < 4.78 is 7.59. The number of hydrogen-bond donors (Lipinski definition) is 0. The molecule has 7 nitrogen and oxygen atoms in total. The third-order valence-corrected chi connectivity index (χ3v) is 6.48. The van der Waals surface area contributed by atoms with Crippen LogP contribution in [0, 0.1) is 0 Å². The van der Waals surface area contributed by atoms with Gasteiger partial charge in [0.1, 0.15) is 12.2 Å². The van der Waals surface area contributed by atoms with Crippen LogP contribution in [-0.4, -0.2) is 32.1 Å². The molecule has 0 spiro atoms. The predicted molar refractivity (Wildman–Crippen MR) is 117 cm³/mol. The molecule has 0 amide bonds. The highest BCUT2D eigenvalue weighted by Gasteiger charge is 2.41. The van der Waals surface area contributed by atoms with Gasteiger partial charge in [-0.05, 0) is 30.5 Å². The summed E-state index contributed by atoms with van der Waals surface area (Å²) in [6, 6.07) is 16.3. The van der Waals surface area contributed by atoms with Crippen LogP contribution >= 0.6 is 11.6 Å². The Morgan fingerprint density at radius 3 is 2.74 bits per heavy atom. The molecular formula is C23H17ClN6O. The van der Waals surface area contributed by atoms with Gasteiger partial charge in [-0.25, -0.2) is 4.98 Å². The average molecular weight is 429 g/mol. The Balaban J connectivity index is 1.46. The molecule has 1 fully saturated rings. The maximum absolute atomic E-state index is 6.66. The molecule has 31 heavy (non-hydrogen) atoms. The smallest absolute Gasteiger partial charge is 0.230 e. The second-order valence-electron chi connectivity index (χ2n) is 8.11. The fourth-order valence-electron chi connectivity index (χ4n) is 4.52. The molecule has 0 N–H and O–H groups in total. The maximum Gasteiger partial charge on any atom is 0.230 e. The molecule has 0 radical (unpaired) electrons. The number of aliphatic imine (C=N–C) groups is 1. The summed E-state index contributed by atoms with van der Waals surface area (Å²) in [4.78, 5) is 16.5. The van der Waals surface area contributed by atoms with Crippen LogP contribution in [0.3, 0.4) is 0 Å². The Hall–Kier alpha value is -3.45. The van der Waals surface area contributed by atoms with Gasteiger partial charge >= 0.3 is 0 Å². The summed E-state index contributed by atoms with van der Waals surface area (Å²) in [5.41, 5.74) is 3.75. The third kappa shape index (κ3) is 2.47. The normalized spacial score (nSPS) is 19.1. The Labute approximate surface area is 183 Å². The molecule has 1 aliphatic carbocycles. The number of halogens is 1. The number of benzene rings is 2. The fraction of sp³-hybridized carbons (Fsp3) is 0.217. The second-order valence-corrected chi connectivity index (χ2v) is 8.52. The van der Waals surface area contributed by atoms with Crippen molar-refractivity contribution in [3.05, 3.63) is 76.9 Å². The first-order valence-corrected chi connectivity index (χ1v) is 10.8. The molecule has 2 aliphatic heterocycles. The highest BCUT2D eigenvalue weighted by Crippen LogP contribution is 2.46. The van der Waals surface area contributed by atoms with E-state index in [1.165, 1.54) is 5.56 Å². The molecule has 0 saturated heterocycles. The molecule has 1 atom stereocenters. The maximum atomic E-state index is 6.66. The van der Waals surface area contributed by atoms with Crippen LogP contribution in [0.1, 0.15) is 41.8 Å². The van der Waals surface area contributed by atoms with Crippen molar-refractivity contribution in [1.29, 1.82) is 0 Å². The number of anilines is 1. The number of imidazole rings is 1. The lowest BCUT2D eigenvalue weighted by Crippen LogP contribution is -2.37. The number of hydrogen-bond acceptors (Lipinski definition) is 6. The van der Waals surface area contributed by atoms with E-state index in [4.69, 9.17) is 26.1 Å². The summed E-state index contributed by atoms with van der Waals surface area (Å²) >= 11 is 6.66. The van der Waals surface area contributed by atoms with E-state index in [1.807, 2.05) is 30.6 Å². The van der Waals surface area contributed by atoms with Gasteiger partial charge in [0, 0.05) is 5.92 Å². The van der Waals surface area contributed by atoms with E-state index in [2.05, 4.69) is 43.9 Å². The van der Waals surface area contributed by atoms with Crippen molar-refractivity contribution in [2.45, 2.75) is 24.8 Å². The predicted octanol–water partition coefficient (Wildman–Crippen LogP) is 4.77. The Bertz CT molecular complexity index is 1350. The minimum atomic E-state index is 0.0321. The summed E-state index contributed by atoms with van der Waals surface area (Å²) in [6.45, 7) is 0.633. The Morgan fingerprint density at radius 2 is 1.90 bits per heavy atom. The fourth-order valence-corrected chi connectivity index (χ4v) is 4.78. The van der Waals surface area contributed by atoms with E-state index < -0.39 is 0 Å². The SMILES string of the molecule is Clc1cccc2c1C1=NCC(c3ccccc3)N1c1c(-c3noc(C4CC4)n3)ncn1-2. The lowest BCUT2D eigenvalue weighted by molar-refractivity contribution is 0.380. The summed E-state index contributed by atoms with van der Waals surface area (Å²) in [7, 11) is 0. The van der Waals surface area contributed by atoms with Crippen molar-refractivity contribution < 1.29 is 4.52 Å². The van der Waals surface area contributed by atoms with Crippen molar-refractivity contribution >= 4 is 23.3 Å². The van der Waals surface area contributed by atoms with Gasteiger partial charge in [-0.1, -0.05) is 53.2 Å². The molecule has 4 aromatic rings. The van der Waals surface area contributed by atoms with Crippen molar-refractivity contribution in [3.8, 4) is 17.2 Å². The minimum absolute atomic E-state index is 0.0321. The van der Waals surface area contributed by atoms with Crippen LogP contribution < -0.4 is 4.90 Å². The minimum Gasteiger partial charge on any atom is -0.339 e. The van der Waals surface area contributed by atoms with Crippen LogP contribution in [-0.2, 0) is 0 Å². The van der Waals surface area contributed by atoms with E-state index in [0.29, 0.717) is 34.9 Å². The van der Waals surface area contributed by atoms with Gasteiger partial charge in [0.2, 0.25) is 11.7 Å². The first-order chi connectivity index (χ1) is 15.3. The number of rotatable bonds is 3. The number of amidine groups is 1. The van der Waals surface area contributed by atoms with Crippen LogP contribution in [0.2, 0.25) is 5.02 Å². The molecule has 1 unspecified atom stereocenters. The van der Waals surface area contributed by atoms with E-state index in [9.17, 15) is 0 Å². The van der Waals surface area contributed by atoms with Crippen molar-refractivity contribution in [1.82, 2.24) is 19.7 Å². The number of aromatic nitrogens is 4. The van der Waals surface area contributed by atoms with Crippen molar-refractivity contribution in [2.24, 2.45) is 4.99 Å². The van der Waals surface area contributed by atoms with Gasteiger partial charge in [0.25, 0.3) is 0 Å². The molecule has 2 aromatic heterocycles. The molecule has 152 valence electrons. The highest BCUT2D eigenvalue weighted by atomic mass is 35.5. The van der Waals surface area contributed by atoms with Gasteiger partial charge in [-0.3, -0.25) is 9.56 Å². The van der Waals surface area contributed by atoms with Gasteiger partial charge in [-0.2, -0.15) is 4.98 Å². The summed E-state index contributed by atoms with van der Waals surface area (Å²) in [5, 5.41) is 4.93. The summed E-state index contributed by atoms with van der Waals surface area (Å²) in [5.74, 6) is 3.35. The van der Waals surface area contributed by atoms with Gasteiger partial charge < -0.3 is 9.42 Å². The molecule has 0 bridgehead atoms. The lowest BCUT2D eigenvalue weighted by Gasteiger charge is -2.34. The van der Waals surface area contributed by atoms with Crippen LogP contribution in [0.15, 0.2) is 64.4 Å². The average Bonchev–Trinajstić information content (AvgIpc) is 3.20. The first-order valence-electron chi connectivity index (χ1n) is 10.4.